The largest absolute Gasteiger partial charge is 0.494 e. The molecule has 34 heavy (non-hydrogen) atoms. The fourth-order valence-corrected chi connectivity index (χ4v) is 4.62. The van der Waals surface area contributed by atoms with Gasteiger partial charge in [0.1, 0.15) is 5.25 Å². The molecule has 2 fully saturated rings. The number of carbonyl (C=O) groups excluding carboxylic acids is 2. The minimum atomic E-state index is -0.584. The first-order valence-electron chi connectivity index (χ1n) is 11.1. The smallest absolute Gasteiger partial charge is 0.286 e. The number of methoxy groups -OCH3 is 1. The highest BCUT2D eigenvalue weighted by Crippen LogP contribution is 2.24. The second kappa shape index (κ2) is 10.8. The Hall–Kier alpha value is -3.19. The quantitative estimate of drug-likeness (QED) is 0.335. The Morgan fingerprint density at radius 2 is 2.03 bits per heavy atom. The Morgan fingerprint density at radius 1 is 1.24 bits per heavy atom. The van der Waals surface area contributed by atoms with Gasteiger partial charge in [-0.3, -0.25) is 14.9 Å². The molecule has 0 spiro atoms. The number of hydrogen-bond acceptors (Lipinski definition) is 11. The molecule has 3 unspecified atom stereocenters. The summed E-state index contributed by atoms with van der Waals surface area (Å²) in [5.41, 5.74) is 0.433. The van der Waals surface area contributed by atoms with Gasteiger partial charge < -0.3 is 26.0 Å². The summed E-state index contributed by atoms with van der Waals surface area (Å²) in [6.07, 6.45) is 3.03. The number of carbonyl (C=O) groups is 2. The number of anilines is 4. The van der Waals surface area contributed by atoms with Gasteiger partial charge in [-0.1, -0.05) is 6.92 Å². The van der Waals surface area contributed by atoms with Crippen LogP contribution < -0.4 is 31.3 Å². The van der Waals surface area contributed by atoms with E-state index in [0.29, 0.717) is 17.7 Å². The van der Waals surface area contributed by atoms with E-state index in [-0.39, 0.29) is 41.4 Å². The molecule has 2 aromatic rings. The van der Waals surface area contributed by atoms with Gasteiger partial charge in [-0.15, -0.1) is 0 Å². The summed E-state index contributed by atoms with van der Waals surface area (Å²) in [5.74, 6) is -0.00276. The maximum Gasteiger partial charge on any atom is 0.286 e. The molecule has 5 N–H and O–H groups in total. The molecule has 11 nitrogen and oxygen atoms in total. The summed E-state index contributed by atoms with van der Waals surface area (Å²) >= 11 is 0.914. The van der Waals surface area contributed by atoms with Crippen LogP contribution in [-0.2, 0) is 4.79 Å². The molecular formula is C21H27FN8O3S. The number of rotatable bonds is 10. The lowest BCUT2D eigenvalue weighted by molar-refractivity contribution is -0.118. The highest BCUT2D eigenvalue weighted by atomic mass is 32.2. The topological polar surface area (TPSA) is 142 Å². The third-order valence-corrected chi connectivity index (χ3v) is 6.58. The molecule has 2 amide bonds. The van der Waals surface area contributed by atoms with Crippen LogP contribution in [0.15, 0.2) is 18.2 Å². The third kappa shape index (κ3) is 5.83. The molecule has 2 aliphatic rings. The first-order chi connectivity index (χ1) is 16.4. The summed E-state index contributed by atoms with van der Waals surface area (Å²) in [4.78, 5) is 36.6. The third-order valence-electron chi connectivity index (χ3n) is 5.59. The van der Waals surface area contributed by atoms with Crippen LogP contribution in [0.4, 0.5) is 32.7 Å². The van der Waals surface area contributed by atoms with Gasteiger partial charge in [0.05, 0.1) is 7.11 Å². The van der Waals surface area contributed by atoms with Gasteiger partial charge >= 0.3 is 0 Å². The van der Waals surface area contributed by atoms with Crippen molar-refractivity contribution in [3.05, 3.63) is 24.0 Å². The molecule has 0 saturated carbocycles. The van der Waals surface area contributed by atoms with Crippen molar-refractivity contribution >= 4 is 46.4 Å². The van der Waals surface area contributed by atoms with E-state index in [2.05, 4.69) is 48.5 Å². The van der Waals surface area contributed by atoms with E-state index in [9.17, 15) is 14.0 Å². The molecule has 0 bridgehead atoms. The zero-order valence-corrected chi connectivity index (χ0v) is 19.7. The molecule has 2 aliphatic heterocycles. The molecule has 1 aromatic carbocycles. The Labute approximate surface area is 200 Å². The number of aromatic nitrogens is 3. The molecule has 182 valence electrons. The number of ether oxygens (including phenoxy) is 1. The highest BCUT2D eigenvalue weighted by Gasteiger charge is 2.31. The number of halogens is 1. The average molecular weight is 491 g/mol. The van der Waals surface area contributed by atoms with Crippen LogP contribution in [0.25, 0.3) is 0 Å². The molecule has 0 radical (unpaired) electrons. The summed E-state index contributed by atoms with van der Waals surface area (Å²) in [7, 11) is 1.40. The summed E-state index contributed by atoms with van der Waals surface area (Å²) in [6.45, 7) is 3.22. The number of nitrogens with one attached hydrogen (secondary N) is 5. The molecular weight excluding hydrogens is 463 g/mol. The average Bonchev–Trinajstić information content (AvgIpc) is 3.45. The molecule has 13 heteroatoms. The standard InChI is InChI=1S/C21H27FN8O3S/c1-3-13(14-5-4-8-23-14)26-20-29-18(24-10-16-17(31)27-21(32)34-16)28-19(30-20)25-11-6-7-15(33-2)12(22)9-11/h6-7,9,13-14,16,23H,3-5,8,10H2,1-2H3,(H,27,31,32)(H3,24,25,26,28,29,30). The minimum Gasteiger partial charge on any atom is -0.494 e. The molecule has 4 rings (SSSR count). The first kappa shape index (κ1) is 24.0. The number of hydrogen-bond donors (Lipinski definition) is 5. The molecule has 0 aliphatic carbocycles. The second-order valence-electron chi connectivity index (χ2n) is 7.91. The van der Waals surface area contributed by atoms with Gasteiger partial charge in [-0.05, 0) is 49.7 Å². The number of nitrogens with zero attached hydrogens (tertiary/aromatic N) is 3. The van der Waals surface area contributed by atoms with E-state index < -0.39 is 11.1 Å². The van der Waals surface area contributed by atoms with Crippen molar-refractivity contribution in [2.45, 2.75) is 43.5 Å². The van der Waals surface area contributed by atoms with Gasteiger partial charge in [-0.2, -0.15) is 15.0 Å². The number of amides is 2. The normalized spacial score (nSPS) is 20.7. The van der Waals surface area contributed by atoms with Crippen LogP contribution >= 0.6 is 11.8 Å². The summed E-state index contributed by atoms with van der Waals surface area (Å²) < 4.78 is 19.1. The van der Waals surface area contributed by atoms with E-state index in [1.807, 2.05) is 0 Å². The van der Waals surface area contributed by atoms with Gasteiger partial charge in [0, 0.05) is 30.4 Å². The molecule has 1 aromatic heterocycles. The minimum absolute atomic E-state index is 0.109. The van der Waals surface area contributed by atoms with Crippen molar-refractivity contribution in [2.24, 2.45) is 0 Å². The maximum absolute atomic E-state index is 14.1. The predicted octanol–water partition coefficient (Wildman–Crippen LogP) is 2.47. The lowest BCUT2D eigenvalue weighted by atomic mass is 10.0. The fraction of sp³-hybridized carbons (Fsp3) is 0.476. The monoisotopic (exact) mass is 490 g/mol. The van der Waals surface area contributed by atoms with E-state index in [1.165, 1.54) is 19.2 Å². The van der Waals surface area contributed by atoms with E-state index >= 15 is 0 Å². The van der Waals surface area contributed by atoms with Crippen molar-refractivity contribution in [3.8, 4) is 5.75 Å². The van der Waals surface area contributed by atoms with Crippen LogP contribution in [-0.4, -0.2) is 63.6 Å². The van der Waals surface area contributed by atoms with Crippen LogP contribution in [0.5, 0.6) is 5.75 Å². The first-order valence-corrected chi connectivity index (χ1v) is 11.9. The zero-order chi connectivity index (χ0) is 24.1. The summed E-state index contributed by atoms with van der Waals surface area (Å²) in [5, 5.41) is 14.1. The number of imide groups is 1. The maximum atomic E-state index is 14.1. The van der Waals surface area contributed by atoms with E-state index in [4.69, 9.17) is 4.74 Å². The zero-order valence-electron chi connectivity index (χ0n) is 18.9. The van der Waals surface area contributed by atoms with Gasteiger partial charge in [0.15, 0.2) is 11.6 Å². The Bertz CT molecular complexity index is 1050. The lowest BCUT2D eigenvalue weighted by Gasteiger charge is -2.24. The molecule has 2 saturated heterocycles. The second-order valence-corrected chi connectivity index (χ2v) is 9.08. The van der Waals surface area contributed by atoms with Crippen molar-refractivity contribution < 1.29 is 18.7 Å². The molecule has 3 atom stereocenters. The van der Waals surface area contributed by atoms with Crippen molar-refractivity contribution in [1.82, 2.24) is 25.6 Å². The van der Waals surface area contributed by atoms with Gasteiger partial charge in [0.25, 0.3) is 5.24 Å². The fourth-order valence-electron chi connectivity index (χ4n) is 3.87. The van der Waals surface area contributed by atoms with E-state index in [0.717, 1.165) is 37.6 Å². The van der Waals surface area contributed by atoms with Crippen LogP contribution in [0.3, 0.4) is 0 Å². The van der Waals surface area contributed by atoms with Crippen LogP contribution in [0, 0.1) is 5.82 Å². The lowest BCUT2D eigenvalue weighted by Crippen LogP contribution is -2.40. The van der Waals surface area contributed by atoms with Crippen molar-refractivity contribution in [3.63, 3.8) is 0 Å². The Kier molecular flexibility index (Phi) is 7.63. The highest BCUT2D eigenvalue weighted by molar-refractivity contribution is 8.15. The predicted molar refractivity (Wildman–Crippen MR) is 128 cm³/mol. The van der Waals surface area contributed by atoms with Crippen molar-refractivity contribution in [2.75, 3.05) is 36.1 Å². The van der Waals surface area contributed by atoms with Crippen LogP contribution in [0.1, 0.15) is 26.2 Å². The Morgan fingerprint density at radius 3 is 2.68 bits per heavy atom. The van der Waals surface area contributed by atoms with Gasteiger partial charge in [-0.25, -0.2) is 4.39 Å². The van der Waals surface area contributed by atoms with Gasteiger partial charge in [0.2, 0.25) is 23.8 Å². The Balaban J connectivity index is 1.55. The number of benzene rings is 1. The number of thioether (sulfide) groups is 1. The SMILES string of the molecule is CCC(Nc1nc(NCC2SC(=O)NC2=O)nc(Nc2ccc(OC)c(F)c2)n1)C1CCCN1. The van der Waals surface area contributed by atoms with E-state index in [1.54, 1.807) is 6.07 Å². The van der Waals surface area contributed by atoms with Crippen LogP contribution in [0.2, 0.25) is 0 Å². The summed E-state index contributed by atoms with van der Waals surface area (Å²) in [6, 6.07) is 4.84. The molecule has 3 heterocycles. The van der Waals surface area contributed by atoms with Crippen molar-refractivity contribution in [1.29, 1.82) is 0 Å².